The third-order valence-corrected chi connectivity index (χ3v) is 3.66. The van der Waals surface area contributed by atoms with Crippen molar-refractivity contribution in [3.05, 3.63) is 40.2 Å². The number of carbonyl (C=O) groups is 1. The molecule has 2 rings (SSSR count). The normalized spacial score (nSPS) is 12.4. The lowest BCUT2D eigenvalue weighted by molar-refractivity contribution is 0.0689. The van der Waals surface area contributed by atoms with Crippen LogP contribution in [0.1, 0.15) is 35.3 Å². The molecule has 0 aromatic carbocycles. The summed E-state index contributed by atoms with van der Waals surface area (Å²) < 4.78 is 0. The van der Waals surface area contributed by atoms with Crippen molar-refractivity contribution in [3.63, 3.8) is 0 Å². The summed E-state index contributed by atoms with van der Waals surface area (Å²) in [6.07, 6.45) is 0. The average molecular weight is 277 g/mol. The molecule has 0 bridgehead atoms. The molecule has 0 aliphatic heterocycles. The molecule has 0 aliphatic carbocycles. The van der Waals surface area contributed by atoms with Crippen LogP contribution >= 0.6 is 11.3 Å². The molecule has 0 saturated carbocycles. The Morgan fingerprint density at radius 3 is 2.58 bits per heavy atom. The minimum absolute atomic E-state index is 0.0530. The Morgan fingerprint density at radius 1 is 1.32 bits per heavy atom. The standard InChI is InChI=1S/C13H15N3O2S/c1-8(2)12(10-4-3-7-19-10)14-11-6-5-9(13(17)18)15-16-11/h3-8,12H,1-2H3,(H,14,16)(H,17,18). The number of carboxylic acids is 1. The second-order valence-corrected chi connectivity index (χ2v) is 5.47. The van der Waals surface area contributed by atoms with Crippen LogP contribution in [0.25, 0.3) is 0 Å². The molecule has 2 N–H and O–H groups in total. The molecule has 0 aliphatic rings. The summed E-state index contributed by atoms with van der Waals surface area (Å²) in [5.74, 6) is -0.102. The third-order valence-electron chi connectivity index (χ3n) is 2.70. The van der Waals surface area contributed by atoms with Crippen molar-refractivity contribution in [2.24, 2.45) is 5.92 Å². The SMILES string of the molecule is CC(C)C(Nc1ccc(C(=O)O)nn1)c1cccs1. The lowest BCUT2D eigenvalue weighted by Gasteiger charge is -2.21. The van der Waals surface area contributed by atoms with E-state index in [4.69, 9.17) is 5.11 Å². The van der Waals surface area contributed by atoms with E-state index in [0.29, 0.717) is 11.7 Å². The number of nitrogens with zero attached hydrogens (tertiary/aromatic N) is 2. The minimum Gasteiger partial charge on any atom is -0.476 e. The molecule has 2 aromatic heterocycles. The number of carboxylic acid groups (broad SMARTS) is 1. The molecule has 1 atom stereocenters. The van der Waals surface area contributed by atoms with Crippen LogP contribution in [0.15, 0.2) is 29.6 Å². The molecular weight excluding hydrogens is 262 g/mol. The molecule has 5 nitrogen and oxygen atoms in total. The Labute approximate surface area is 115 Å². The third kappa shape index (κ3) is 3.29. The van der Waals surface area contributed by atoms with Gasteiger partial charge in [0.15, 0.2) is 5.69 Å². The fraction of sp³-hybridized carbons (Fsp3) is 0.308. The summed E-state index contributed by atoms with van der Waals surface area (Å²) in [5.41, 5.74) is -0.0530. The van der Waals surface area contributed by atoms with Crippen molar-refractivity contribution in [2.75, 3.05) is 5.32 Å². The highest BCUT2D eigenvalue weighted by molar-refractivity contribution is 7.10. The van der Waals surface area contributed by atoms with Gasteiger partial charge in [0.25, 0.3) is 0 Å². The Kier molecular flexibility index (Phi) is 4.11. The number of aromatic carboxylic acids is 1. The van der Waals surface area contributed by atoms with Gasteiger partial charge in [0.05, 0.1) is 6.04 Å². The zero-order valence-corrected chi connectivity index (χ0v) is 11.5. The van der Waals surface area contributed by atoms with Gasteiger partial charge in [-0.2, -0.15) is 0 Å². The van der Waals surface area contributed by atoms with E-state index in [1.807, 2.05) is 11.4 Å². The van der Waals surface area contributed by atoms with E-state index in [9.17, 15) is 4.79 Å². The van der Waals surface area contributed by atoms with Crippen LogP contribution in [0.4, 0.5) is 5.82 Å². The molecule has 2 heterocycles. The number of anilines is 1. The fourth-order valence-corrected chi connectivity index (χ4v) is 2.67. The zero-order valence-electron chi connectivity index (χ0n) is 10.7. The van der Waals surface area contributed by atoms with Gasteiger partial charge in [-0.15, -0.1) is 21.5 Å². The average Bonchev–Trinajstić information content (AvgIpc) is 2.89. The summed E-state index contributed by atoms with van der Waals surface area (Å²) in [5, 5.41) is 21.7. The first-order chi connectivity index (χ1) is 9.08. The topological polar surface area (TPSA) is 75.1 Å². The summed E-state index contributed by atoms with van der Waals surface area (Å²) in [4.78, 5) is 11.9. The van der Waals surface area contributed by atoms with Crippen LogP contribution in [-0.2, 0) is 0 Å². The monoisotopic (exact) mass is 277 g/mol. The van der Waals surface area contributed by atoms with Gasteiger partial charge in [-0.3, -0.25) is 0 Å². The van der Waals surface area contributed by atoms with Gasteiger partial charge in [0.2, 0.25) is 0 Å². The van der Waals surface area contributed by atoms with Crippen molar-refractivity contribution in [2.45, 2.75) is 19.9 Å². The quantitative estimate of drug-likeness (QED) is 0.878. The number of thiophene rings is 1. The highest BCUT2D eigenvalue weighted by Crippen LogP contribution is 2.28. The van der Waals surface area contributed by atoms with E-state index in [0.717, 1.165) is 0 Å². The van der Waals surface area contributed by atoms with E-state index in [2.05, 4.69) is 35.4 Å². The van der Waals surface area contributed by atoms with Crippen molar-refractivity contribution in [3.8, 4) is 0 Å². The molecule has 0 spiro atoms. The summed E-state index contributed by atoms with van der Waals surface area (Å²) in [6, 6.07) is 7.31. The van der Waals surface area contributed by atoms with Crippen molar-refractivity contribution >= 4 is 23.1 Å². The molecule has 19 heavy (non-hydrogen) atoms. The summed E-state index contributed by atoms with van der Waals surface area (Å²) in [7, 11) is 0. The van der Waals surface area contributed by atoms with Gasteiger partial charge < -0.3 is 10.4 Å². The molecule has 100 valence electrons. The Bertz CT molecular complexity index is 538. The van der Waals surface area contributed by atoms with Gasteiger partial charge in [0.1, 0.15) is 5.82 Å². The predicted octanol–water partition coefficient (Wildman–Crippen LogP) is 3.05. The van der Waals surface area contributed by atoms with E-state index in [-0.39, 0.29) is 11.7 Å². The molecule has 2 aromatic rings. The molecule has 6 heteroatoms. The van der Waals surface area contributed by atoms with Crippen molar-refractivity contribution in [1.82, 2.24) is 10.2 Å². The highest BCUT2D eigenvalue weighted by Gasteiger charge is 2.17. The molecule has 0 fully saturated rings. The lowest BCUT2D eigenvalue weighted by Crippen LogP contribution is -2.17. The number of rotatable bonds is 5. The fourth-order valence-electron chi connectivity index (χ4n) is 1.72. The van der Waals surface area contributed by atoms with Crippen molar-refractivity contribution in [1.29, 1.82) is 0 Å². The Hall–Kier alpha value is -1.95. The maximum Gasteiger partial charge on any atom is 0.356 e. The van der Waals surface area contributed by atoms with Gasteiger partial charge >= 0.3 is 5.97 Å². The van der Waals surface area contributed by atoms with E-state index < -0.39 is 5.97 Å². The van der Waals surface area contributed by atoms with Crippen LogP contribution in [0.5, 0.6) is 0 Å². The second-order valence-electron chi connectivity index (χ2n) is 4.49. The second kappa shape index (κ2) is 5.79. The van der Waals surface area contributed by atoms with E-state index in [1.165, 1.54) is 10.9 Å². The first kappa shape index (κ1) is 13.5. The van der Waals surface area contributed by atoms with Crippen LogP contribution in [0, 0.1) is 5.92 Å². The maximum atomic E-state index is 10.7. The molecule has 0 radical (unpaired) electrons. The molecular formula is C13H15N3O2S. The number of aromatic nitrogens is 2. The first-order valence-electron chi connectivity index (χ1n) is 5.95. The largest absolute Gasteiger partial charge is 0.476 e. The Morgan fingerprint density at radius 2 is 2.11 bits per heavy atom. The summed E-state index contributed by atoms with van der Waals surface area (Å²) in [6.45, 7) is 4.24. The number of nitrogens with one attached hydrogen (secondary N) is 1. The van der Waals surface area contributed by atoms with Gasteiger partial charge in [-0.25, -0.2) is 4.79 Å². The predicted molar refractivity (Wildman–Crippen MR) is 74.5 cm³/mol. The first-order valence-corrected chi connectivity index (χ1v) is 6.83. The van der Waals surface area contributed by atoms with E-state index >= 15 is 0 Å². The minimum atomic E-state index is -1.07. The van der Waals surface area contributed by atoms with Crippen LogP contribution in [-0.4, -0.2) is 21.3 Å². The van der Waals surface area contributed by atoms with E-state index in [1.54, 1.807) is 17.4 Å². The van der Waals surface area contributed by atoms with Gasteiger partial charge in [0, 0.05) is 4.88 Å². The summed E-state index contributed by atoms with van der Waals surface area (Å²) >= 11 is 1.68. The number of hydrogen-bond donors (Lipinski definition) is 2. The van der Waals surface area contributed by atoms with Crippen molar-refractivity contribution < 1.29 is 9.90 Å². The molecule has 0 amide bonds. The number of hydrogen-bond acceptors (Lipinski definition) is 5. The molecule has 1 unspecified atom stereocenters. The highest BCUT2D eigenvalue weighted by atomic mass is 32.1. The van der Waals surface area contributed by atoms with Crippen LogP contribution in [0.3, 0.4) is 0 Å². The lowest BCUT2D eigenvalue weighted by atomic mass is 10.0. The van der Waals surface area contributed by atoms with Gasteiger partial charge in [-0.1, -0.05) is 19.9 Å². The van der Waals surface area contributed by atoms with Crippen LogP contribution < -0.4 is 5.32 Å². The Balaban J connectivity index is 2.16. The molecule has 0 saturated heterocycles. The zero-order chi connectivity index (χ0) is 13.8. The maximum absolute atomic E-state index is 10.7. The van der Waals surface area contributed by atoms with Gasteiger partial charge in [-0.05, 0) is 29.5 Å². The van der Waals surface area contributed by atoms with Crippen LogP contribution in [0.2, 0.25) is 0 Å². The smallest absolute Gasteiger partial charge is 0.356 e.